The van der Waals surface area contributed by atoms with Gasteiger partial charge in [0.05, 0.1) is 19.6 Å². The van der Waals surface area contributed by atoms with Crippen molar-refractivity contribution in [2.75, 3.05) is 13.2 Å². The molecule has 19 heavy (non-hydrogen) atoms. The van der Waals surface area contributed by atoms with E-state index in [0.717, 1.165) is 0 Å². The Labute approximate surface area is 107 Å². The van der Waals surface area contributed by atoms with Crippen LogP contribution in [0.4, 0.5) is 0 Å². The lowest BCUT2D eigenvalue weighted by atomic mass is 10.1. The smallest absolute Gasteiger partial charge is 0.328 e. The zero-order valence-electron chi connectivity index (χ0n) is 9.83. The van der Waals surface area contributed by atoms with Gasteiger partial charge in [0.15, 0.2) is 0 Å². The van der Waals surface area contributed by atoms with Gasteiger partial charge in [0.1, 0.15) is 12.1 Å². The van der Waals surface area contributed by atoms with Crippen molar-refractivity contribution in [2.24, 2.45) is 5.73 Å². The van der Waals surface area contributed by atoms with Gasteiger partial charge in [0, 0.05) is 0 Å². The molecule has 108 valence electrons. The van der Waals surface area contributed by atoms with E-state index in [1.54, 1.807) is 0 Å². The fourth-order valence-electron chi connectivity index (χ4n) is 1.09. The third-order valence-corrected chi connectivity index (χ3v) is 2.01. The van der Waals surface area contributed by atoms with E-state index in [1.807, 2.05) is 10.6 Å². The number of nitrogens with one attached hydrogen (secondary N) is 2. The number of carbonyl (C=O) groups excluding carboxylic acids is 2. The first kappa shape index (κ1) is 16.8. The zero-order chi connectivity index (χ0) is 15.0. The minimum atomic E-state index is -1.58. The molecule has 0 aliphatic carbocycles. The molecule has 0 radical (unpaired) electrons. The second-order valence-electron chi connectivity index (χ2n) is 3.50. The third-order valence-electron chi connectivity index (χ3n) is 2.01. The van der Waals surface area contributed by atoms with Gasteiger partial charge in [-0.25, -0.2) is 4.79 Å². The fraction of sp³-hybridized carbons (Fsp3) is 0.556. The van der Waals surface area contributed by atoms with Crippen LogP contribution in [0.3, 0.4) is 0 Å². The highest BCUT2D eigenvalue weighted by molar-refractivity contribution is 5.93. The van der Waals surface area contributed by atoms with Crippen molar-refractivity contribution in [3.8, 4) is 0 Å². The lowest BCUT2D eigenvalue weighted by molar-refractivity contribution is -0.144. The summed E-state index contributed by atoms with van der Waals surface area (Å²) in [6.45, 7) is -1.32. The summed E-state index contributed by atoms with van der Waals surface area (Å²) in [6.07, 6.45) is -0.741. The van der Waals surface area contributed by atoms with Crippen LogP contribution in [0, 0.1) is 0 Å². The standard InChI is InChI=1S/C9H15N3O7/c10-2-6(14)11-4(1-7(15)16)8(17)12-5(3-13)9(18)19/h4-5,13H,1-3,10H2,(H,11,14)(H,12,17)(H,15,16)(H,18,19)/t4-,5-/m0/s1. The number of hydrogen-bond acceptors (Lipinski definition) is 6. The molecule has 0 aromatic rings. The van der Waals surface area contributed by atoms with Crippen LogP contribution in [-0.4, -0.2) is 64.3 Å². The molecular weight excluding hydrogens is 262 g/mol. The summed E-state index contributed by atoms with van der Waals surface area (Å²) in [5.74, 6) is -4.66. The van der Waals surface area contributed by atoms with Crippen molar-refractivity contribution >= 4 is 23.8 Å². The summed E-state index contributed by atoms with van der Waals surface area (Å²) in [7, 11) is 0. The van der Waals surface area contributed by atoms with Gasteiger partial charge < -0.3 is 31.7 Å². The van der Waals surface area contributed by atoms with Crippen LogP contribution in [0.5, 0.6) is 0 Å². The molecule has 0 aromatic heterocycles. The summed E-state index contributed by atoms with van der Waals surface area (Å²) in [5, 5.41) is 29.9. The second kappa shape index (κ2) is 8.00. The predicted molar refractivity (Wildman–Crippen MR) is 59.9 cm³/mol. The summed E-state index contributed by atoms with van der Waals surface area (Å²) in [6, 6.07) is -3.06. The lowest BCUT2D eigenvalue weighted by Gasteiger charge is -2.18. The van der Waals surface area contributed by atoms with Crippen LogP contribution in [-0.2, 0) is 19.2 Å². The first-order chi connectivity index (χ1) is 8.81. The first-order valence-electron chi connectivity index (χ1n) is 5.17. The molecule has 0 rings (SSSR count). The Balaban J connectivity index is 4.74. The van der Waals surface area contributed by atoms with Crippen LogP contribution in [0.2, 0.25) is 0 Å². The molecule has 0 unspecified atom stereocenters. The highest BCUT2D eigenvalue weighted by Crippen LogP contribution is 1.95. The quantitative estimate of drug-likeness (QED) is 0.264. The lowest BCUT2D eigenvalue weighted by Crippen LogP contribution is -2.54. The Morgan fingerprint density at radius 1 is 1.05 bits per heavy atom. The van der Waals surface area contributed by atoms with Gasteiger partial charge in [-0.1, -0.05) is 0 Å². The molecule has 10 heteroatoms. The Kier molecular flexibility index (Phi) is 7.07. The number of carboxylic acid groups (broad SMARTS) is 2. The Morgan fingerprint density at radius 2 is 1.63 bits per heavy atom. The molecule has 0 spiro atoms. The molecular formula is C9H15N3O7. The van der Waals surface area contributed by atoms with Crippen molar-refractivity contribution < 1.29 is 34.5 Å². The maximum atomic E-state index is 11.6. The first-order valence-corrected chi connectivity index (χ1v) is 5.17. The van der Waals surface area contributed by atoms with E-state index in [0.29, 0.717) is 0 Å². The van der Waals surface area contributed by atoms with E-state index < -0.39 is 55.4 Å². The molecule has 0 fully saturated rings. The largest absolute Gasteiger partial charge is 0.481 e. The zero-order valence-corrected chi connectivity index (χ0v) is 9.83. The topological polar surface area (TPSA) is 179 Å². The van der Waals surface area contributed by atoms with Gasteiger partial charge in [-0.3, -0.25) is 14.4 Å². The van der Waals surface area contributed by atoms with Crippen molar-refractivity contribution in [1.82, 2.24) is 10.6 Å². The molecule has 10 nitrogen and oxygen atoms in total. The molecule has 0 aromatic carbocycles. The minimum Gasteiger partial charge on any atom is -0.481 e. The average Bonchev–Trinajstić information content (AvgIpc) is 2.33. The number of aliphatic hydroxyl groups excluding tert-OH is 1. The van der Waals surface area contributed by atoms with Crippen molar-refractivity contribution in [2.45, 2.75) is 18.5 Å². The maximum Gasteiger partial charge on any atom is 0.328 e. The van der Waals surface area contributed by atoms with Crippen molar-refractivity contribution in [3.05, 3.63) is 0 Å². The average molecular weight is 277 g/mol. The Morgan fingerprint density at radius 3 is 2.00 bits per heavy atom. The highest BCUT2D eigenvalue weighted by Gasteiger charge is 2.27. The van der Waals surface area contributed by atoms with Crippen LogP contribution in [0.15, 0.2) is 0 Å². The molecule has 2 amide bonds. The number of aliphatic carboxylic acids is 2. The maximum absolute atomic E-state index is 11.6. The number of amides is 2. The number of hydrogen-bond donors (Lipinski definition) is 6. The van der Waals surface area contributed by atoms with E-state index in [1.165, 1.54) is 0 Å². The van der Waals surface area contributed by atoms with E-state index >= 15 is 0 Å². The molecule has 0 aliphatic heterocycles. The number of carboxylic acids is 2. The molecule has 0 saturated heterocycles. The molecule has 7 N–H and O–H groups in total. The van der Waals surface area contributed by atoms with E-state index in [2.05, 4.69) is 0 Å². The van der Waals surface area contributed by atoms with Crippen LogP contribution < -0.4 is 16.4 Å². The SMILES string of the molecule is NCC(=O)N[C@@H](CC(=O)O)C(=O)N[C@@H](CO)C(=O)O. The Hall–Kier alpha value is -2.20. The van der Waals surface area contributed by atoms with E-state index in [-0.39, 0.29) is 0 Å². The van der Waals surface area contributed by atoms with Crippen molar-refractivity contribution in [3.63, 3.8) is 0 Å². The number of rotatable bonds is 8. The monoisotopic (exact) mass is 277 g/mol. The van der Waals surface area contributed by atoms with Gasteiger partial charge in [0.2, 0.25) is 11.8 Å². The Bertz CT molecular complexity index is 371. The second-order valence-corrected chi connectivity index (χ2v) is 3.50. The molecule has 0 aliphatic rings. The predicted octanol–water partition coefficient (Wildman–Crippen LogP) is -3.53. The van der Waals surface area contributed by atoms with E-state index in [9.17, 15) is 19.2 Å². The van der Waals surface area contributed by atoms with Crippen LogP contribution >= 0.6 is 0 Å². The minimum absolute atomic E-state index is 0.453. The summed E-state index contributed by atoms with van der Waals surface area (Å²) >= 11 is 0. The highest BCUT2D eigenvalue weighted by atomic mass is 16.4. The van der Waals surface area contributed by atoms with Gasteiger partial charge in [0.25, 0.3) is 0 Å². The fourth-order valence-corrected chi connectivity index (χ4v) is 1.09. The molecule has 2 atom stereocenters. The summed E-state index contributed by atoms with van der Waals surface area (Å²) < 4.78 is 0. The van der Waals surface area contributed by atoms with Gasteiger partial charge in [-0.15, -0.1) is 0 Å². The molecule has 0 bridgehead atoms. The number of nitrogens with two attached hydrogens (primary N) is 1. The summed E-state index contributed by atoms with van der Waals surface area (Å²) in [5.41, 5.74) is 5.00. The summed E-state index contributed by atoms with van der Waals surface area (Å²) in [4.78, 5) is 43.8. The number of carbonyl (C=O) groups is 4. The molecule has 0 heterocycles. The normalized spacial score (nSPS) is 13.2. The number of aliphatic hydroxyl groups is 1. The van der Waals surface area contributed by atoms with Crippen LogP contribution in [0.1, 0.15) is 6.42 Å². The third kappa shape index (κ3) is 6.33. The van der Waals surface area contributed by atoms with Gasteiger partial charge in [-0.2, -0.15) is 0 Å². The van der Waals surface area contributed by atoms with Crippen molar-refractivity contribution in [1.29, 1.82) is 0 Å². The van der Waals surface area contributed by atoms with Crippen LogP contribution in [0.25, 0.3) is 0 Å². The van der Waals surface area contributed by atoms with E-state index in [4.69, 9.17) is 21.1 Å². The van der Waals surface area contributed by atoms with Gasteiger partial charge in [-0.05, 0) is 0 Å². The van der Waals surface area contributed by atoms with Gasteiger partial charge >= 0.3 is 11.9 Å². The molecule has 0 saturated carbocycles.